The van der Waals surface area contributed by atoms with Crippen molar-refractivity contribution in [2.24, 2.45) is 11.1 Å². The van der Waals surface area contributed by atoms with E-state index in [1.165, 1.54) is 38.3 Å². The van der Waals surface area contributed by atoms with E-state index in [4.69, 9.17) is 9.47 Å². The Labute approximate surface area is 176 Å². The minimum atomic E-state index is -0.715. The van der Waals surface area contributed by atoms with Crippen LogP contribution in [0.25, 0.3) is 0 Å². The number of allylic oxidation sites excluding steroid dienone is 1. The van der Waals surface area contributed by atoms with E-state index in [-0.39, 0.29) is 0 Å². The Hall–Kier alpha value is -1.56. The first-order chi connectivity index (χ1) is 13.9. The summed E-state index contributed by atoms with van der Waals surface area (Å²) in [6, 6.07) is 7.67. The zero-order valence-corrected chi connectivity index (χ0v) is 18.7. The number of nitrogens with two attached hydrogens (primary N) is 1. The zero-order valence-electron chi connectivity index (χ0n) is 18.7. The van der Waals surface area contributed by atoms with Crippen molar-refractivity contribution in [2.75, 3.05) is 33.3 Å². The lowest BCUT2D eigenvalue weighted by Gasteiger charge is -2.44. The summed E-state index contributed by atoms with van der Waals surface area (Å²) in [4.78, 5) is 2.38. The van der Waals surface area contributed by atoms with Gasteiger partial charge in [-0.15, -0.1) is 6.58 Å². The Balaban J connectivity index is 0.00000145. The fourth-order valence-corrected chi connectivity index (χ4v) is 4.23. The van der Waals surface area contributed by atoms with Crippen LogP contribution in [0.1, 0.15) is 52.9 Å². The average molecular weight is 405 g/mol. The second kappa shape index (κ2) is 10.5. The van der Waals surface area contributed by atoms with E-state index in [1.54, 1.807) is 0 Å². The first kappa shape index (κ1) is 23.7. The first-order valence-electron chi connectivity index (χ1n) is 10.9. The van der Waals surface area contributed by atoms with Crippen LogP contribution in [-0.4, -0.2) is 55.0 Å². The smallest absolute Gasteiger partial charge is 0.167 e. The van der Waals surface area contributed by atoms with Crippen molar-refractivity contribution in [3.8, 4) is 11.5 Å². The second-order valence-corrected chi connectivity index (χ2v) is 8.78. The quantitative estimate of drug-likeness (QED) is 0.672. The third-order valence-corrected chi connectivity index (χ3v) is 6.59. The van der Waals surface area contributed by atoms with Gasteiger partial charge in [0, 0.05) is 6.54 Å². The van der Waals surface area contributed by atoms with E-state index in [1.807, 2.05) is 31.2 Å². The van der Waals surface area contributed by atoms with E-state index in [0.717, 1.165) is 25.3 Å². The van der Waals surface area contributed by atoms with Gasteiger partial charge in [0.1, 0.15) is 12.7 Å². The Kier molecular flexibility index (Phi) is 8.56. The monoisotopic (exact) mass is 404 g/mol. The number of hydrogen-bond acceptors (Lipinski definition) is 5. The van der Waals surface area contributed by atoms with Crippen molar-refractivity contribution in [2.45, 2.75) is 64.6 Å². The zero-order chi connectivity index (χ0) is 21.5. The summed E-state index contributed by atoms with van der Waals surface area (Å²) in [6.45, 7) is 13.5. The van der Waals surface area contributed by atoms with Gasteiger partial charge in [0.25, 0.3) is 0 Å². The predicted molar refractivity (Wildman–Crippen MR) is 120 cm³/mol. The molecule has 0 saturated carbocycles. The number of hydrogen-bond donors (Lipinski definition) is 2. The molecular weight excluding hydrogens is 364 g/mol. The standard InChI is InChI=1S/C23H35NO3.CH5N/c1-5-23(11-10-18(2)3)12-14-24(15-13-23)16-21(25)22(4)17-26-19-8-6-7-9-20(19)27-22;1-2/h6-9,21,25H,2,5,10-17H2,1,3-4H3;2H2,1H3/t21-,22?;/m1./s1. The van der Waals surface area contributed by atoms with E-state index in [2.05, 4.69) is 31.1 Å². The molecule has 1 aromatic carbocycles. The molecule has 29 heavy (non-hydrogen) atoms. The highest BCUT2D eigenvalue weighted by Crippen LogP contribution is 2.41. The molecule has 0 bridgehead atoms. The van der Waals surface area contributed by atoms with Gasteiger partial charge < -0.3 is 25.2 Å². The number of piperidine rings is 1. The predicted octanol–water partition coefficient (Wildman–Crippen LogP) is 4.00. The number of para-hydroxylation sites is 2. The van der Waals surface area contributed by atoms with Gasteiger partial charge in [-0.05, 0) is 77.2 Å². The number of fused-ring (bicyclic) bond motifs is 1. The van der Waals surface area contributed by atoms with Gasteiger partial charge in [-0.3, -0.25) is 0 Å². The van der Waals surface area contributed by atoms with E-state index < -0.39 is 11.7 Å². The molecule has 3 N–H and O–H groups in total. The summed E-state index contributed by atoms with van der Waals surface area (Å²) in [5, 5.41) is 10.9. The molecule has 1 aromatic rings. The molecular formula is C24H40N2O3. The van der Waals surface area contributed by atoms with Gasteiger partial charge in [-0.2, -0.15) is 0 Å². The molecule has 5 nitrogen and oxygen atoms in total. The Bertz CT molecular complexity index is 655. The maximum absolute atomic E-state index is 10.9. The molecule has 5 heteroatoms. The van der Waals surface area contributed by atoms with Crippen LogP contribution in [0.15, 0.2) is 36.4 Å². The number of benzene rings is 1. The Morgan fingerprint density at radius 3 is 2.45 bits per heavy atom. The van der Waals surface area contributed by atoms with Crippen LogP contribution in [0.5, 0.6) is 11.5 Å². The van der Waals surface area contributed by atoms with Crippen molar-refractivity contribution in [1.29, 1.82) is 0 Å². The van der Waals surface area contributed by atoms with Gasteiger partial charge in [0.15, 0.2) is 17.1 Å². The van der Waals surface area contributed by atoms with Gasteiger partial charge in [-0.25, -0.2) is 0 Å². The molecule has 2 heterocycles. The molecule has 0 aliphatic carbocycles. The number of β-amino-alcohol motifs (C(OH)–C–C–N with tert-alkyl or cyclic N) is 1. The molecule has 0 amide bonds. The number of aliphatic hydroxyl groups is 1. The van der Waals surface area contributed by atoms with Crippen LogP contribution in [0.3, 0.4) is 0 Å². The number of likely N-dealkylation sites (tertiary alicyclic amines) is 1. The van der Waals surface area contributed by atoms with E-state index in [0.29, 0.717) is 24.3 Å². The van der Waals surface area contributed by atoms with Gasteiger partial charge in [0.05, 0.1) is 0 Å². The van der Waals surface area contributed by atoms with Crippen LogP contribution in [0, 0.1) is 5.41 Å². The van der Waals surface area contributed by atoms with Crippen LogP contribution < -0.4 is 15.2 Å². The van der Waals surface area contributed by atoms with Crippen molar-refractivity contribution in [1.82, 2.24) is 4.90 Å². The largest absolute Gasteiger partial charge is 0.485 e. The van der Waals surface area contributed by atoms with Crippen LogP contribution in [0.4, 0.5) is 0 Å². The normalized spacial score (nSPS) is 24.2. The number of ether oxygens (including phenoxy) is 2. The molecule has 2 atom stereocenters. The van der Waals surface area contributed by atoms with E-state index >= 15 is 0 Å². The highest BCUT2D eigenvalue weighted by Gasteiger charge is 2.42. The van der Waals surface area contributed by atoms with Crippen molar-refractivity contribution in [3.63, 3.8) is 0 Å². The summed E-state index contributed by atoms with van der Waals surface area (Å²) in [7, 11) is 1.50. The summed E-state index contributed by atoms with van der Waals surface area (Å²) < 4.78 is 12.0. The molecule has 0 spiro atoms. The second-order valence-electron chi connectivity index (χ2n) is 8.78. The molecule has 1 saturated heterocycles. The lowest BCUT2D eigenvalue weighted by Crippen LogP contribution is -2.56. The first-order valence-corrected chi connectivity index (χ1v) is 10.9. The van der Waals surface area contributed by atoms with Gasteiger partial charge >= 0.3 is 0 Å². The van der Waals surface area contributed by atoms with Crippen molar-refractivity contribution < 1.29 is 14.6 Å². The summed E-state index contributed by atoms with van der Waals surface area (Å²) in [5.41, 5.74) is 5.50. The SMILES string of the molecule is C=C(C)CCC1(CC)CCN(C[C@@H](O)C2(C)COc3ccccc3O2)CC1.CN. The fourth-order valence-electron chi connectivity index (χ4n) is 4.23. The van der Waals surface area contributed by atoms with Gasteiger partial charge in [-0.1, -0.05) is 31.1 Å². The molecule has 164 valence electrons. The Morgan fingerprint density at radius 1 is 1.24 bits per heavy atom. The summed E-state index contributed by atoms with van der Waals surface area (Å²) in [5.74, 6) is 1.47. The molecule has 1 fully saturated rings. The molecule has 2 aliphatic rings. The third kappa shape index (κ3) is 5.97. The number of aliphatic hydroxyl groups excluding tert-OH is 1. The van der Waals surface area contributed by atoms with E-state index in [9.17, 15) is 5.11 Å². The highest BCUT2D eigenvalue weighted by molar-refractivity contribution is 5.41. The topological polar surface area (TPSA) is 68.0 Å². The number of rotatable bonds is 7. The molecule has 2 aliphatic heterocycles. The average Bonchev–Trinajstić information content (AvgIpc) is 2.74. The summed E-state index contributed by atoms with van der Waals surface area (Å²) >= 11 is 0. The van der Waals surface area contributed by atoms with Crippen LogP contribution in [-0.2, 0) is 0 Å². The van der Waals surface area contributed by atoms with Crippen molar-refractivity contribution >= 4 is 0 Å². The molecule has 3 rings (SSSR count). The maximum atomic E-state index is 10.9. The number of nitrogens with zero attached hydrogens (tertiary/aromatic N) is 1. The molecule has 0 aromatic heterocycles. The minimum absolute atomic E-state index is 0.372. The highest BCUT2D eigenvalue weighted by atomic mass is 16.6. The van der Waals surface area contributed by atoms with Gasteiger partial charge in [0.2, 0.25) is 0 Å². The lowest BCUT2D eigenvalue weighted by molar-refractivity contribution is -0.0973. The van der Waals surface area contributed by atoms with Crippen molar-refractivity contribution in [3.05, 3.63) is 36.4 Å². The van der Waals surface area contributed by atoms with Crippen LogP contribution >= 0.6 is 0 Å². The summed E-state index contributed by atoms with van der Waals surface area (Å²) in [6.07, 6.45) is 5.39. The Morgan fingerprint density at radius 2 is 1.86 bits per heavy atom. The molecule has 0 radical (unpaired) electrons. The van der Waals surface area contributed by atoms with Crippen LogP contribution in [0.2, 0.25) is 0 Å². The third-order valence-electron chi connectivity index (χ3n) is 6.59. The fraction of sp³-hybridized carbons (Fsp3) is 0.667. The maximum Gasteiger partial charge on any atom is 0.167 e. The molecule has 1 unspecified atom stereocenters. The lowest BCUT2D eigenvalue weighted by atomic mass is 9.72. The minimum Gasteiger partial charge on any atom is -0.485 e.